The summed E-state index contributed by atoms with van der Waals surface area (Å²) < 4.78 is 38.2. The second-order valence-electron chi connectivity index (χ2n) is 7.27. The summed E-state index contributed by atoms with van der Waals surface area (Å²) in [5, 5.41) is 2.65. The third-order valence-corrected chi connectivity index (χ3v) is 6.91. The van der Waals surface area contributed by atoms with Gasteiger partial charge in [0.25, 0.3) is 15.9 Å². The van der Waals surface area contributed by atoms with Gasteiger partial charge in [0.15, 0.2) is 6.10 Å². The van der Waals surface area contributed by atoms with Crippen molar-refractivity contribution in [2.45, 2.75) is 24.8 Å². The van der Waals surface area contributed by atoms with Gasteiger partial charge in [0.05, 0.1) is 28.9 Å². The largest absolute Gasteiger partial charge is 0.495 e. The van der Waals surface area contributed by atoms with Crippen LogP contribution in [-0.4, -0.2) is 40.1 Å². The van der Waals surface area contributed by atoms with Gasteiger partial charge in [-0.1, -0.05) is 36.4 Å². The monoisotopic (exact) mass is 482 g/mol. The number of amides is 1. The molecular formula is C25H26N2O6S. The molecule has 3 rings (SSSR count). The van der Waals surface area contributed by atoms with E-state index >= 15 is 0 Å². The van der Waals surface area contributed by atoms with Gasteiger partial charge in [-0.15, -0.1) is 0 Å². The third kappa shape index (κ3) is 5.55. The van der Waals surface area contributed by atoms with Crippen molar-refractivity contribution >= 4 is 33.3 Å². The number of anilines is 2. The summed E-state index contributed by atoms with van der Waals surface area (Å²) in [4.78, 5) is 25.1. The molecule has 0 saturated heterocycles. The Morgan fingerprint density at radius 1 is 0.971 bits per heavy atom. The number of carbonyl (C=O) groups is 2. The molecule has 178 valence electrons. The highest BCUT2D eigenvalue weighted by Gasteiger charge is 2.26. The van der Waals surface area contributed by atoms with Crippen molar-refractivity contribution in [2.75, 3.05) is 23.3 Å². The fourth-order valence-corrected chi connectivity index (χ4v) is 4.78. The Morgan fingerprint density at radius 3 is 2.32 bits per heavy atom. The quantitative estimate of drug-likeness (QED) is 0.461. The Kier molecular flexibility index (Phi) is 7.91. The maximum atomic E-state index is 13.2. The van der Waals surface area contributed by atoms with Crippen molar-refractivity contribution < 1.29 is 27.5 Å². The molecule has 0 saturated carbocycles. The van der Waals surface area contributed by atoms with Crippen molar-refractivity contribution in [3.63, 3.8) is 0 Å². The lowest BCUT2D eigenvalue weighted by Crippen LogP contribution is -2.31. The first-order valence-electron chi connectivity index (χ1n) is 10.6. The standard InChI is InChI=1S/C25H26N2O6S/c1-4-27(20-12-6-5-7-13-20)34(30,31)21-14-10-11-19(17-21)25(29)33-18(2)24(28)26-22-15-8-9-16-23(22)32-3/h5-18H,4H2,1-3H3,(H,26,28). The van der Waals surface area contributed by atoms with E-state index in [1.165, 1.54) is 42.6 Å². The number of methoxy groups -OCH3 is 1. The summed E-state index contributed by atoms with van der Waals surface area (Å²) in [6.07, 6.45) is -1.13. The van der Waals surface area contributed by atoms with Crippen molar-refractivity contribution in [1.82, 2.24) is 0 Å². The van der Waals surface area contributed by atoms with Crippen LogP contribution in [-0.2, 0) is 19.6 Å². The molecule has 0 spiro atoms. The van der Waals surface area contributed by atoms with E-state index in [9.17, 15) is 18.0 Å². The van der Waals surface area contributed by atoms with Gasteiger partial charge in [-0.05, 0) is 56.3 Å². The topological polar surface area (TPSA) is 102 Å². The Balaban J connectivity index is 1.76. The zero-order chi connectivity index (χ0) is 24.7. The summed E-state index contributed by atoms with van der Waals surface area (Å²) in [5.74, 6) is -0.906. The van der Waals surface area contributed by atoms with E-state index in [4.69, 9.17) is 9.47 Å². The predicted octanol–water partition coefficient (Wildman–Crippen LogP) is 4.09. The number of sulfonamides is 1. The molecule has 0 aliphatic carbocycles. The Morgan fingerprint density at radius 2 is 1.65 bits per heavy atom. The molecule has 3 aromatic rings. The molecule has 0 fully saturated rings. The minimum absolute atomic E-state index is 0.0159. The lowest BCUT2D eigenvalue weighted by atomic mass is 10.2. The van der Waals surface area contributed by atoms with E-state index < -0.39 is 28.0 Å². The fourth-order valence-electron chi connectivity index (χ4n) is 3.26. The van der Waals surface area contributed by atoms with Crippen LogP contribution < -0.4 is 14.4 Å². The Hall–Kier alpha value is -3.85. The summed E-state index contributed by atoms with van der Waals surface area (Å²) in [6, 6.07) is 21.1. The van der Waals surface area contributed by atoms with Crippen molar-refractivity contribution in [3.8, 4) is 5.75 Å². The average Bonchev–Trinajstić information content (AvgIpc) is 2.85. The number of rotatable bonds is 9. The first-order valence-corrected chi connectivity index (χ1v) is 12.0. The minimum Gasteiger partial charge on any atom is -0.495 e. The smallest absolute Gasteiger partial charge is 0.338 e. The van der Waals surface area contributed by atoms with Crippen LogP contribution in [0.2, 0.25) is 0 Å². The van der Waals surface area contributed by atoms with Gasteiger partial charge < -0.3 is 14.8 Å². The van der Waals surface area contributed by atoms with E-state index in [0.717, 1.165) is 0 Å². The first-order chi connectivity index (χ1) is 16.3. The maximum Gasteiger partial charge on any atom is 0.338 e. The molecule has 0 bridgehead atoms. The number of hydrogen-bond acceptors (Lipinski definition) is 6. The average molecular weight is 483 g/mol. The van der Waals surface area contributed by atoms with Gasteiger partial charge in [-0.2, -0.15) is 0 Å². The highest BCUT2D eigenvalue weighted by Crippen LogP contribution is 2.25. The molecule has 34 heavy (non-hydrogen) atoms. The Bertz CT molecular complexity index is 1260. The highest BCUT2D eigenvalue weighted by molar-refractivity contribution is 7.92. The predicted molar refractivity (Wildman–Crippen MR) is 130 cm³/mol. The number of esters is 1. The second-order valence-corrected chi connectivity index (χ2v) is 9.13. The SMILES string of the molecule is CCN(c1ccccc1)S(=O)(=O)c1cccc(C(=O)OC(C)C(=O)Nc2ccccc2OC)c1. The number of carbonyl (C=O) groups excluding carboxylic acids is 2. The first kappa shape index (κ1) is 24.8. The molecule has 0 radical (unpaired) electrons. The van der Waals surface area contributed by atoms with Crippen LogP contribution >= 0.6 is 0 Å². The van der Waals surface area contributed by atoms with Crippen LogP contribution in [0.3, 0.4) is 0 Å². The van der Waals surface area contributed by atoms with Crippen LogP contribution in [0.15, 0.2) is 83.8 Å². The summed E-state index contributed by atoms with van der Waals surface area (Å²) in [5.41, 5.74) is 0.966. The number of para-hydroxylation sites is 3. The molecule has 1 N–H and O–H groups in total. The molecule has 0 aliphatic heterocycles. The zero-order valence-corrected chi connectivity index (χ0v) is 19.9. The second kappa shape index (κ2) is 10.8. The number of benzene rings is 3. The zero-order valence-electron chi connectivity index (χ0n) is 19.1. The van der Waals surface area contributed by atoms with E-state index in [0.29, 0.717) is 17.1 Å². The lowest BCUT2D eigenvalue weighted by Gasteiger charge is -2.23. The van der Waals surface area contributed by atoms with Crippen molar-refractivity contribution in [2.24, 2.45) is 0 Å². The van der Waals surface area contributed by atoms with Crippen LogP contribution in [0.5, 0.6) is 5.75 Å². The van der Waals surface area contributed by atoms with Crippen molar-refractivity contribution in [3.05, 3.63) is 84.4 Å². The van der Waals surface area contributed by atoms with Gasteiger partial charge in [-0.25, -0.2) is 13.2 Å². The van der Waals surface area contributed by atoms with Crippen molar-refractivity contribution in [1.29, 1.82) is 0 Å². The van der Waals surface area contributed by atoms with Crippen LogP contribution in [0.4, 0.5) is 11.4 Å². The Labute approximate surface area is 199 Å². The summed E-state index contributed by atoms with van der Waals surface area (Å²) >= 11 is 0. The number of ether oxygens (including phenoxy) is 2. The van der Waals surface area contributed by atoms with Crippen LogP contribution in [0.1, 0.15) is 24.2 Å². The van der Waals surface area contributed by atoms with Gasteiger partial charge in [-0.3, -0.25) is 9.10 Å². The third-order valence-electron chi connectivity index (χ3n) is 5.01. The van der Waals surface area contributed by atoms with E-state index in [-0.39, 0.29) is 17.0 Å². The fraction of sp³-hybridized carbons (Fsp3) is 0.200. The summed E-state index contributed by atoms with van der Waals surface area (Å²) in [6.45, 7) is 3.36. The number of nitrogens with one attached hydrogen (secondary N) is 1. The molecule has 0 heterocycles. The van der Waals surface area contributed by atoms with Gasteiger partial charge in [0.2, 0.25) is 0 Å². The molecule has 1 amide bonds. The molecule has 9 heteroatoms. The lowest BCUT2D eigenvalue weighted by molar-refractivity contribution is -0.123. The molecule has 8 nitrogen and oxygen atoms in total. The minimum atomic E-state index is -3.92. The van der Waals surface area contributed by atoms with Gasteiger partial charge >= 0.3 is 5.97 Å². The van der Waals surface area contributed by atoms with E-state index in [1.807, 2.05) is 0 Å². The molecule has 0 aliphatic rings. The highest BCUT2D eigenvalue weighted by atomic mass is 32.2. The number of nitrogens with zero attached hydrogens (tertiary/aromatic N) is 1. The van der Waals surface area contributed by atoms with Gasteiger partial charge in [0, 0.05) is 6.54 Å². The molecule has 1 atom stereocenters. The molecule has 3 aromatic carbocycles. The van der Waals surface area contributed by atoms with E-state index in [2.05, 4.69) is 5.32 Å². The summed E-state index contributed by atoms with van der Waals surface area (Å²) in [7, 11) is -2.44. The normalized spacial score (nSPS) is 11.9. The molecular weight excluding hydrogens is 456 g/mol. The maximum absolute atomic E-state index is 13.2. The molecule has 1 unspecified atom stereocenters. The number of hydrogen-bond donors (Lipinski definition) is 1. The molecule has 0 aromatic heterocycles. The van der Waals surface area contributed by atoms with E-state index in [1.54, 1.807) is 61.5 Å². The van der Waals surface area contributed by atoms with Gasteiger partial charge in [0.1, 0.15) is 5.75 Å². The van der Waals surface area contributed by atoms with Crippen LogP contribution in [0, 0.1) is 0 Å². The van der Waals surface area contributed by atoms with Crippen LogP contribution in [0.25, 0.3) is 0 Å².